The number of aliphatic carboxylic acids is 1. The molecule has 5 N–H and O–H groups in total. The van der Waals surface area contributed by atoms with E-state index in [4.69, 9.17) is 16.6 Å². The summed E-state index contributed by atoms with van der Waals surface area (Å²) in [6, 6.07) is 5.16. The van der Waals surface area contributed by atoms with Gasteiger partial charge in [0, 0.05) is 24.7 Å². The molecule has 0 saturated heterocycles. The first-order valence-electron chi connectivity index (χ1n) is 4.74. The lowest BCUT2D eigenvalue weighted by atomic mass is 10.1. The van der Waals surface area contributed by atoms with E-state index in [1.165, 1.54) is 0 Å². The van der Waals surface area contributed by atoms with Crippen LogP contribution in [0.1, 0.15) is 11.4 Å². The molecule has 82 valence electrons. The molecule has 0 radical (unpaired) electrons. The minimum Gasteiger partial charge on any atom is -0.481 e. The van der Waals surface area contributed by atoms with Crippen LogP contribution >= 0.6 is 0 Å². The molecule has 0 spiro atoms. The summed E-state index contributed by atoms with van der Waals surface area (Å²) in [5.74, 6) is -0.886. The molecular formula is C10H15N3O2. The van der Waals surface area contributed by atoms with Crippen molar-refractivity contribution in [3.63, 3.8) is 0 Å². The zero-order valence-electron chi connectivity index (χ0n) is 8.39. The number of pyridine rings is 1. The minimum atomic E-state index is -0.886. The molecule has 15 heavy (non-hydrogen) atoms. The summed E-state index contributed by atoms with van der Waals surface area (Å²) in [6.07, 6.45) is 0.510. The summed E-state index contributed by atoms with van der Waals surface area (Å²) in [6.45, 7) is 0.394. The Labute approximate surface area is 88.1 Å². The minimum absolute atomic E-state index is 0.0638. The topological polar surface area (TPSA) is 102 Å². The molecule has 0 aliphatic heterocycles. The first kappa shape index (κ1) is 11.6. The van der Waals surface area contributed by atoms with Crippen molar-refractivity contribution in [1.29, 1.82) is 0 Å². The first-order chi connectivity index (χ1) is 7.11. The third-order valence-corrected chi connectivity index (χ3v) is 1.97. The van der Waals surface area contributed by atoms with E-state index in [1.54, 1.807) is 12.1 Å². The van der Waals surface area contributed by atoms with Gasteiger partial charge in [0.2, 0.25) is 0 Å². The standard InChI is InChI=1S/C10H15N3O2/c11-6-7(12)4-8-2-1-3-9(13-8)5-10(14)15/h1-3,7H,4-6,11-12H2,(H,14,15). The zero-order valence-corrected chi connectivity index (χ0v) is 8.39. The van der Waals surface area contributed by atoms with Crippen LogP contribution in [0.15, 0.2) is 18.2 Å². The zero-order chi connectivity index (χ0) is 11.3. The molecule has 0 bridgehead atoms. The highest BCUT2D eigenvalue weighted by Crippen LogP contribution is 2.02. The molecule has 0 saturated carbocycles. The van der Waals surface area contributed by atoms with E-state index >= 15 is 0 Å². The van der Waals surface area contributed by atoms with E-state index in [-0.39, 0.29) is 12.5 Å². The SMILES string of the molecule is NCC(N)Cc1cccc(CC(=O)O)n1. The van der Waals surface area contributed by atoms with Crippen LogP contribution in [0.3, 0.4) is 0 Å². The molecule has 1 unspecified atom stereocenters. The van der Waals surface area contributed by atoms with Crippen LogP contribution in [0.2, 0.25) is 0 Å². The maximum atomic E-state index is 10.5. The largest absolute Gasteiger partial charge is 0.481 e. The molecular weight excluding hydrogens is 194 g/mol. The first-order valence-corrected chi connectivity index (χ1v) is 4.74. The van der Waals surface area contributed by atoms with Gasteiger partial charge in [0.25, 0.3) is 0 Å². The molecule has 0 amide bonds. The second-order valence-electron chi connectivity index (χ2n) is 3.39. The van der Waals surface area contributed by atoms with E-state index in [1.807, 2.05) is 6.07 Å². The van der Waals surface area contributed by atoms with Gasteiger partial charge in [-0.25, -0.2) is 0 Å². The fourth-order valence-corrected chi connectivity index (χ4v) is 1.25. The lowest BCUT2D eigenvalue weighted by molar-refractivity contribution is -0.136. The third-order valence-electron chi connectivity index (χ3n) is 1.97. The summed E-state index contributed by atoms with van der Waals surface area (Å²) in [7, 11) is 0. The lowest BCUT2D eigenvalue weighted by Gasteiger charge is -2.08. The maximum Gasteiger partial charge on any atom is 0.309 e. The highest BCUT2D eigenvalue weighted by molar-refractivity contribution is 5.69. The van der Waals surface area contributed by atoms with E-state index in [2.05, 4.69) is 4.98 Å². The highest BCUT2D eigenvalue weighted by Gasteiger charge is 2.05. The van der Waals surface area contributed by atoms with E-state index in [9.17, 15) is 4.79 Å². The average molecular weight is 209 g/mol. The Balaban J connectivity index is 2.69. The second kappa shape index (κ2) is 5.43. The third kappa shape index (κ3) is 4.05. The van der Waals surface area contributed by atoms with E-state index < -0.39 is 5.97 Å². The fourth-order valence-electron chi connectivity index (χ4n) is 1.25. The van der Waals surface area contributed by atoms with Crippen LogP contribution in [0.25, 0.3) is 0 Å². The van der Waals surface area contributed by atoms with Crippen LogP contribution in [0.5, 0.6) is 0 Å². The maximum absolute atomic E-state index is 10.5. The van der Waals surface area contributed by atoms with Crippen molar-refractivity contribution in [1.82, 2.24) is 4.98 Å². The van der Waals surface area contributed by atoms with Crippen molar-refractivity contribution in [2.45, 2.75) is 18.9 Å². The normalized spacial score (nSPS) is 12.4. The number of hydrogen-bond donors (Lipinski definition) is 3. The Kier molecular flexibility index (Phi) is 4.20. The lowest BCUT2D eigenvalue weighted by Crippen LogP contribution is -2.32. The summed E-state index contributed by atoms with van der Waals surface area (Å²) in [5, 5.41) is 8.60. The van der Waals surface area contributed by atoms with Gasteiger partial charge in [-0.15, -0.1) is 0 Å². The van der Waals surface area contributed by atoms with Crippen molar-refractivity contribution in [3.05, 3.63) is 29.6 Å². The molecule has 5 heteroatoms. The number of hydrogen-bond acceptors (Lipinski definition) is 4. The van der Waals surface area contributed by atoms with Gasteiger partial charge in [0.05, 0.1) is 12.1 Å². The number of nitrogens with two attached hydrogens (primary N) is 2. The molecule has 1 aromatic rings. The van der Waals surface area contributed by atoms with Crippen molar-refractivity contribution in [2.24, 2.45) is 11.5 Å². The fraction of sp³-hybridized carbons (Fsp3) is 0.400. The number of carboxylic acids is 1. The van der Waals surface area contributed by atoms with Crippen molar-refractivity contribution in [2.75, 3.05) is 6.54 Å². The van der Waals surface area contributed by atoms with Gasteiger partial charge >= 0.3 is 5.97 Å². The second-order valence-corrected chi connectivity index (χ2v) is 3.39. The van der Waals surface area contributed by atoms with Crippen LogP contribution in [-0.4, -0.2) is 28.6 Å². The monoisotopic (exact) mass is 209 g/mol. The van der Waals surface area contributed by atoms with Gasteiger partial charge in [-0.1, -0.05) is 6.07 Å². The molecule has 0 aromatic carbocycles. The van der Waals surface area contributed by atoms with Crippen molar-refractivity contribution < 1.29 is 9.90 Å². The molecule has 1 aromatic heterocycles. The predicted molar refractivity (Wildman–Crippen MR) is 56.3 cm³/mol. The van der Waals surface area contributed by atoms with Crippen molar-refractivity contribution in [3.8, 4) is 0 Å². The van der Waals surface area contributed by atoms with Gasteiger partial charge in [0.15, 0.2) is 0 Å². The Morgan fingerprint density at radius 2 is 2.13 bits per heavy atom. The molecule has 1 rings (SSSR count). The highest BCUT2D eigenvalue weighted by atomic mass is 16.4. The molecule has 0 aliphatic carbocycles. The summed E-state index contributed by atoms with van der Waals surface area (Å²) in [5.41, 5.74) is 12.4. The van der Waals surface area contributed by atoms with Gasteiger partial charge in [-0.3, -0.25) is 9.78 Å². The number of aromatic nitrogens is 1. The smallest absolute Gasteiger partial charge is 0.309 e. The summed E-state index contributed by atoms with van der Waals surface area (Å²) < 4.78 is 0. The Morgan fingerprint density at radius 3 is 2.73 bits per heavy atom. The summed E-state index contributed by atoms with van der Waals surface area (Å²) in [4.78, 5) is 14.7. The van der Waals surface area contributed by atoms with Crippen LogP contribution in [0.4, 0.5) is 0 Å². The van der Waals surface area contributed by atoms with Crippen LogP contribution in [0, 0.1) is 0 Å². The van der Waals surface area contributed by atoms with Gasteiger partial charge in [-0.05, 0) is 12.1 Å². The van der Waals surface area contributed by atoms with Gasteiger partial charge < -0.3 is 16.6 Å². The quantitative estimate of drug-likeness (QED) is 0.608. The van der Waals surface area contributed by atoms with Gasteiger partial charge in [0.1, 0.15) is 0 Å². The van der Waals surface area contributed by atoms with Crippen LogP contribution in [-0.2, 0) is 17.6 Å². The van der Waals surface area contributed by atoms with E-state index in [0.29, 0.717) is 18.7 Å². The number of carboxylic acid groups (broad SMARTS) is 1. The Bertz CT molecular complexity index is 341. The predicted octanol–water partition coefficient (Wildman–Crippen LogP) is -0.463. The van der Waals surface area contributed by atoms with Gasteiger partial charge in [-0.2, -0.15) is 0 Å². The molecule has 1 heterocycles. The molecule has 1 atom stereocenters. The van der Waals surface area contributed by atoms with Crippen LogP contribution < -0.4 is 11.5 Å². The number of carbonyl (C=O) groups is 1. The Hall–Kier alpha value is -1.46. The average Bonchev–Trinajstić information content (AvgIpc) is 2.17. The summed E-state index contributed by atoms with van der Waals surface area (Å²) >= 11 is 0. The Morgan fingerprint density at radius 1 is 1.47 bits per heavy atom. The van der Waals surface area contributed by atoms with E-state index in [0.717, 1.165) is 5.69 Å². The number of rotatable bonds is 5. The molecule has 0 aliphatic rings. The molecule has 0 fully saturated rings. The molecule has 5 nitrogen and oxygen atoms in total. The number of nitrogens with zero attached hydrogens (tertiary/aromatic N) is 1. The van der Waals surface area contributed by atoms with Crippen molar-refractivity contribution >= 4 is 5.97 Å².